The van der Waals surface area contributed by atoms with Crippen LogP contribution in [0.4, 0.5) is 28.4 Å². The molecule has 1 aromatic heterocycles. The summed E-state index contributed by atoms with van der Waals surface area (Å²) >= 11 is 0. The standard InChI is InChI=1S/C57H45B2N3O4/c1-57(2,3)36-30-49-53-50(31-36)65-55-46(59(53)44-29-28-41(32-48(44)64-49)61(37-18-8-4-9-19-37)38-20-10-5-11-21-38)35-45-56(60-55)66-52-34-42(33-51-54(52)58(45)43-26-16-17-27-47(43)63-51)62(39-22-12-6-13-23-39)40-24-14-7-15-25-40/h4-16,18-26,28-31,33-35,41H,17,27,32H2,1-3H3. The maximum atomic E-state index is 7.12. The van der Waals surface area contributed by atoms with Crippen LogP contribution in [0.15, 0.2) is 198 Å². The normalized spacial score (nSPS) is 16.9. The molecule has 1 unspecified atom stereocenters. The lowest BCUT2D eigenvalue weighted by atomic mass is 9.31. The van der Waals surface area contributed by atoms with Crippen LogP contribution in [0.5, 0.6) is 34.8 Å². The smallest absolute Gasteiger partial charge is 0.262 e. The fraction of sp³-hybridized carbons (Fsp3) is 0.140. The monoisotopic (exact) mass is 857 g/mol. The third-order valence-electron chi connectivity index (χ3n) is 13.8. The van der Waals surface area contributed by atoms with Gasteiger partial charge in [0, 0.05) is 58.6 Å². The van der Waals surface area contributed by atoms with E-state index in [2.05, 4.69) is 194 Å². The molecule has 0 fully saturated rings. The Morgan fingerprint density at radius 1 is 0.530 bits per heavy atom. The van der Waals surface area contributed by atoms with Crippen LogP contribution in [-0.4, -0.2) is 24.5 Å². The van der Waals surface area contributed by atoms with Crippen molar-refractivity contribution in [3.63, 3.8) is 0 Å². The molecule has 4 aliphatic heterocycles. The summed E-state index contributed by atoms with van der Waals surface area (Å²) in [6.45, 7) is 6.38. The Kier molecular flexibility index (Phi) is 8.79. The molecule has 9 heteroatoms. The third-order valence-corrected chi connectivity index (χ3v) is 13.8. The van der Waals surface area contributed by atoms with Crippen molar-refractivity contribution in [2.75, 3.05) is 9.80 Å². The van der Waals surface area contributed by atoms with Crippen molar-refractivity contribution in [3.05, 3.63) is 204 Å². The molecular formula is C57H45B2N3O4. The fourth-order valence-electron chi connectivity index (χ4n) is 10.7. The highest BCUT2D eigenvalue weighted by atomic mass is 16.5. The number of ether oxygens (including phenoxy) is 4. The molecule has 0 radical (unpaired) electrons. The number of allylic oxidation sites excluding steroid dienone is 6. The number of nitrogens with zero attached hydrogens (tertiary/aromatic N) is 3. The van der Waals surface area contributed by atoms with E-state index in [-0.39, 0.29) is 24.9 Å². The molecule has 1 atom stereocenters. The minimum absolute atomic E-state index is 0.0138. The summed E-state index contributed by atoms with van der Waals surface area (Å²) in [6, 6.07) is 53.2. The quantitative estimate of drug-likeness (QED) is 0.154. The molecule has 0 bridgehead atoms. The Hall–Kier alpha value is -7.64. The van der Waals surface area contributed by atoms with E-state index in [0.717, 1.165) is 114 Å². The molecule has 0 N–H and O–H groups in total. The van der Waals surface area contributed by atoms with Crippen molar-refractivity contribution in [3.8, 4) is 34.8 Å². The number of anilines is 5. The number of hydrogen-bond donors (Lipinski definition) is 0. The van der Waals surface area contributed by atoms with Gasteiger partial charge in [-0.05, 0) is 99.9 Å². The van der Waals surface area contributed by atoms with E-state index >= 15 is 0 Å². The number of aromatic nitrogens is 1. The number of rotatable bonds is 6. The molecule has 0 amide bonds. The Balaban J connectivity index is 0.966. The van der Waals surface area contributed by atoms with Gasteiger partial charge in [0.2, 0.25) is 11.8 Å². The first-order valence-corrected chi connectivity index (χ1v) is 23.1. The molecule has 0 spiro atoms. The average molecular weight is 858 g/mol. The largest absolute Gasteiger partial charge is 0.463 e. The first-order valence-electron chi connectivity index (χ1n) is 23.1. The van der Waals surface area contributed by atoms with Crippen LogP contribution in [0.25, 0.3) is 0 Å². The second-order valence-electron chi connectivity index (χ2n) is 18.9. The number of fused-ring (bicyclic) bond motifs is 6. The summed E-state index contributed by atoms with van der Waals surface area (Å²) < 4.78 is 28.1. The van der Waals surface area contributed by atoms with Crippen molar-refractivity contribution in [1.29, 1.82) is 0 Å². The minimum Gasteiger partial charge on any atom is -0.463 e. The molecule has 7 aromatic rings. The molecule has 318 valence electrons. The summed E-state index contributed by atoms with van der Waals surface area (Å²) in [7, 11) is 0. The molecule has 13 rings (SSSR count). The zero-order valence-corrected chi connectivity index (χ0v) is 37.1. The summed E-state index contributed by atoms with van der Waals surface area (Å²) in [4.78, 5) is 10.1. The van der Waals surface area contributed by atoms with Gasteiger partial charge >= 0.3 is 0 Å². The second-order valence-corrected chi connectivity index (χ2v) is 18.9. The van der Waals surface area contributed by atoms with Gasteiger partial charge in [0.25, 0.3) is 13.4 Å². The Morgan fingerprint density at radius 3 is 1.58 bits per heavy atom. The van der Waals surface area contributed by atoms with E-state index in [0.29, 0.717) is 18.2 Å². The van der Waals surface area contributed by atoms with Gasteiger partial charge in [-0.3, -0.25) is 0 Å². The van der Waals surface area contributed by atoms with Crippen molar-refractivity contribution in [2.45, 2.75) is 51.5 Å². The van der Waals surface area contributed by atoms with Gasteiger partial charge in [-0.2, -0.15) is 4.98 Å². The van der Waals surface area contributed by atoms with Crippen molar-refractivity contribution < 1.29 is 18.9 Å². The topological polar surface area (TPSA) is 56.3 Å². The summed E-state index contributed by atoms with van der Waals surface area (Å²) in [5.41, 5.74) is 12.6. The van der Waals surface area contributed by atoms with Crippen LogP contribution in [0, 0.1) is 0 Å². The number of para-hydroxylation sites is 4. The van der Waals surface area contributed by atoms with Crippen molar-refractivity contribution in [1.82, 2.24) is 4.98 Å². The number of benzene rings is 6. The summed E-state index contributed by atoms with van der Waals surface area (Å²) in [6.07, 6.45) is 11.6. The lowest BCUT2D eigenvalue weighted by Gasteiger charge is -2.40. The molecular weight excluding hydrogens is 812 g/mol. The maximum Gasteiger partial charge on any atom is 0.262 e. The molecule has 0 saturated heterocycles. The summed E-state index contributed by atoms with van der Waals surface area (Å²) in [5.74, 6) is 6.20. The highest BCUT2D eigenvalue weighted by molar-refractivity contribution is 6.96. The van der Waals surface area contributed by atoms with Crippen LogP contribution < -0.4 is 50.6 Å². The van der Waals surface area contributed by atoms with Crippen LogP contribution in [-0.2, 0) is 5.41 Å². The SMILES string of the molecule is CC(C)(C)c1cc2c3c(c1)Oc1nc4c(cc1B3C1=C(CC(N(c3ccccc3)c3ccccc3)C=C1)O2)B1C2=C(CCC=C2)Oc2cc(N(c3ccccc3)c3ccccc3)cc(c21)O4. The molecule has 7 nitrogen and oxygen atoms in total. The second kappa shape index (κ2) is 15.0. The molecule has 2 aliphatic carbocycles. The van der Waals surface area contributed by atoms with Gasteiger partial charge in [0.1, 0.15) is 28.8 Å². The first kappa shape index (κ1) is 38.8. The Morgan fingerprint density at radius 2 is 1.02 bits per heavy atom. The van der Waals surface area contributed by atoms with Gasteiger partial charge in [-0.25, -0.2) is 0 Å². The van der Waals surface area contributed by atoms with Gasteiger partial charge < -0.3 is 28.7 Å². The van der Waals surface area contributed by atoms with Gasteiger partial charge in [0.05, 0.1) is 17.5 Å². The van der Waals surface area contributed by atoms with E-state index in [1.165, 1.54) is 0 Å². The minimum atomic E-state index is -0.169. The van der Waals surface area contributed by atoms with Crippen LogP contribution in [0.1, 0.15) is 45.6 Å². The highest BCUT2D eigenvalue weighted by Gasteiger charge is 2.48. The van der Waals surface area contributed by atoms with Gasteiger partial charge in [0.15, 0.2) is 0 Å². The maximum absolute atomic E-state index is 7.12. The number of pyridine rings is 1. The van der Waals surface area contributed by atoms with E-state index in [9.17, 15) is 0 Å². The molecule has 0 saturated carbocycles. The van der Waals surface area contributed by atoms with Gasteiger partial charge in [-0.1, -0.05) is 124 Å². The molecule has 66 heavy (non-hydrogen) atoms. The third kappa shape index (κ3) is 6.24. The lowest BCUT2D eigenvalue weighted by molar-refractivity contribution is 0.383. The van der Waals surface area contributed by atoms with E-state index < -0.39 is 0 Å². The Labute approximate surface area is 386 Å². The van der Waals surface area contributed by atoms with Gasteiger partial charge in [-0.15, -0.1) is 0 Å². The highest BCUT2D eigenvalue weighted by Crippen LogP contribution is 2.46. The van der Waals surface area contributed by atoms with Crippen molar-refractivity contribution >= 4 is 63.7 Å². The first-order chi connectivity index (χ1) is 32.3. The van der Waals surface area contributed by atoms with Crippen LogP contribution >= 0.6 is 0 Å². The van der Waals surface area contributed by atoms with Crippen LogP contribution in [0.3, 0.4) is 0 Å². The molecule has 5 heterocycles. The van der Waals surface area contributed by atoms with E-state index in [1.54, 1.807) is 0 Å². The molecule has 6 aromatic carbocycles. The number of hydrogen-bond acceptors (Lipinski definition) is 7. The predicted molar refractivity (Wildman–Crippen MR) is 267 cm³/mol. The summed E-state index contributed by atoms with van der Waals surface area (Å²) in [5, 5.41) is 0. The predicted octanol–water partition coefficient (Wildman–Crippen LogP) is 11.2. The van der Waals surface area contributed by atoms with E-state index in [4.69, 9.17) is 23.9 Å². The fourth-order valence-corrected chi connectivity index (χ4v) is 10.7. The average Bonchev–Trinajstić information content (AvgIpc) is 3.34. The lowest BCUT2D eigenvalue weighted by Crippen LogP contribution is -2.57. The molecule has 6 aliphatic rings. The van der Waals surface area contributed by atoms with Crippen LogP contribution in [0.2, 0.25) is 0 Å². The van der Waals surface area contributed by atoms with Crippen molar-refractivity contribution in [2.24, 2.45) is 0 Å². The van der Waals surface area contributed by atoms with E-state index in [1.807, 2.05) is 12.1 Å². The Bertz CT molecular complexity index is 3160. The zero-order valence-electron chi connectivity index (χ0n) is 37.1. The zero-order chi connectivity index (χ0) is 44.1.